The molecule has 0 bridgehead atoms. The minimum Gasteiger partial charge on any atom is -0.409 e. The van der Waals surface area contributed by atoms with Crippen LogP contribution in [0.3, 0.4) is 0 Å². The van der Waals surface area contributed by atoms with Crippen molar-refractivity contribution >= 4 is 19.9 Å². The fraction of sp³-hybridized carbons (Fsp3) is 0.438. The van der Waals surface area contributed by atoms with E-state index in [1.807, 2.05) is 33.9 Å². The number of ether oxygens (including phenoxy) is 1. The summed E-state index contributed by atoms with van der Waals surface area (Å²) < 4.78 is 130. The Morgan fingerprint density at radius 3 is 2.06 bits per heavy atom. The molecule has 1 aliphatic rings. The molecule has 2 aromatic carbocycles. The van der Waals surface area contributed by atoms with E-state index in [1.165, 1.54) is 0 Å². The van der Waals surface area contributed by atoms with Crippen LogP contribution in [0.5, 0.6) is 0 Å². The summed E-state index contributed by atoms with van der Waals surface area (Å²) in [7, 11) is -2.49. The highest BCUT2D eigenvalue weighted by Crippen LogP contribution is 2.40. The van der Waals surface area contributed by atoms with Gasteiger partial charge in [-0.3, -0.25) is 4.79 Å². The maximum Gasteiger partial charge on any atom is 0.416 e. The lowest BCUT2D eigenvalue weighted by molar-refractivity contribution is -0.143. The van der Waals surface area contributed by atoms with Crippen LogP contribution in [0.4, 0.5) is 40.9 Å². The van der Waals surface area contributed by atoms with Gasteiger partial charge >= 0.3 is 12.4 Å². The summed E-state index contributed by atoms with van der Waals surface area (Å²) in [5.74, 6) is -3.31. The van der Waals surface area contributed by atoms with Gasteiger partial charge in [0.25, 0.3) is 0 Å². The third-order valence-corrected chi connectivity index (χ3v) is 13.3. The topological polar surface area (TPSA) is 95.5 Å². The molecule has 0 radical (unpaired) electrons. The van der Waals surface area contributed by atoms with Crippen LogP contribution in [0, 0.1) is 11.6 Å². The second-order valence-corrected chi connectivity index (χ2v) is 18.0. The largest absolute Gasteiger partial charge is 0.416 e. The predicted molar refractivity (Wildman–Crippen MR) is 166 cm³/mol. The van der Waals surface area contributed by atoms with Crippen molar-refractivity contribution in [2.75, 3.05) is 31.2 Å². The van der Waals surface area contributed by atoms with Gasteiger partial charge in [0.1, 0.15) is 17.3 Å². The molecule has 0 spiro atoms. The fourth-order valence-electron chi connectivity index (χ4n) is 5.07. The van der Waals surface area contributed by atoms with E-state index in [4.69, 9.17) is 13.7 Å². The van der Waals surface area contributed by atoms with Gasteiger partial charge in [0, 0.05) is 13.1 Å². The van der Waals surface area contributed by atoms with Crippen LogP contribution in [0.1, 0.15) is 59.3 Å². The number of nitrogens with zero attached hydrogens (tertiary/aromatic N) is 5. The maximum absolute atomic E-state index is 15.1. The summed E-state index contributed by atoms with van der Waals surface area (Å²) in [6.07, 6.45) is -10.2. The first-order chi connectivity index (χ1) is 23.2. The monoisotopic (exact) mass is 731 g/mol. The Balaban J connectivity index is 1.66. The zero-order valence-corrected chi connectivity index (χ0v) is 28.6. The molecule has 5 rings (SSSR count). The Bertz CT molecular complexity index is 1820. The standard InChI is InChI=1S/C32H33F8N5O4Si/c1-30(2,3)50(4,5)48-17-23-25(26(42-49-23)24-21(33)7-6-8-22(24)34)28(46)27-29(44-9-11-47-12-10-44)45(43-41-27)16-18-13-19(31(35,36)37)15-20(14-18)32(38,39)40/h6-8,13-15H,9-12,16-17H2,1-5H3. The number of aromatic nitrogens is 4. The molecule has 4 aromatic rings. The van der Waals surface area contributed by atoms with Crippen LogP contribution in [-0.4, -0.2) is 60.6 Å². The average molecular weight is 732 g/mol. The highest BCUT2D eigenvalue weighted by molar-refractivity contribution is 6.74. The molecular weight excluding hydrogens is 698 g/mol. The number of hydrogen-bond donors (Lipinski definition) is 0. The molecule has 1 fully saturated rings. The number of anilines is 1. The van der Waals surface area contributed by atoms with Crippen molar-refractivity contribution in [2.24, 2.45) is 0 Å². The summed E-state index contributed by atoms with van der Waals surface area (Å²) in [5.41, 5.74) is -5.44. The smallest absolute Gasteiger partial charge is 0.409 e. The number of rotatable bonds is 9. The number of benzene rings is 2. The Labute approximate surface area is 282 Å². The number of carbonyl (C=O) groups is 1. The van der Waals surface area contributed by atoms with Crippen LogP contribution in [0.15, 0.2) is 40.9 Å². The molecule has 1 aliphatic heterocycles. The summed E-state index contributed by atoms with van der Waals surface area (Å²) in [6.45, 7) is 9.42. The van der Waals surface area contributed by atoms with Crippen molar-refractivity contribution in [3.05, 3.63) is 81.7 Å². The van der Waals surface area contributed by atoms with Gasteiger partial charge in [-0.15, -0.1) is 5.10 Å². The van der Waals surface area contributed by atoms with E-state index < -0.39 is 83.8 Å². The van der Waals surface area contributed by atoms with E-state index in [2.05, 4.69) is 15.5 Å². The van der Waals surface area contributed by atoms with Crippen LogP contribution in [0.2, 0.25) is 18.1 Å². The summed E-state index contributed by atoms with van der Waals surface area (Å²) in [6, 6.07) is 4.16. The molecule has 0 atom stereocenters. The zero-order chi connectivity index (χ0) is 36.8. The van der Waals surface area contributed by atoms with Crippen molar-refractivity contribution in [3.8, 4) is 11.3 Å². The molecular formula is C32H33F8N5O4Si. The second kappa shape index (κ2) is 13.5. The first-order valence-corrected chi connectivity index (χ1v) is 18.3. The van der Waals surface area contributed by atoms with Gasteiger partial charge in [0.05, 0.1) is 48.6 Å². The number of ketones is 1. The first kappa shape index (κ1) is 37.1. The molecule has 0 N–H and O–H groups in total. The van der Waals surface area contributed by atoms with E-state index >= 15 is 8.78 Å². The normalized spacial score (nSPS) is 14.8. The molecule has 2 aromatic heterocycles. The molecule has 18 heteroatoms. The molecule has 1 saturated heterocycles. The third kappa shape index (κ3) is 7.61. The third-order valence-electron chi connectivity index (χ3n) is 8.77. The minimum atomic E-state index is -5.10. The first-order valence-electron chi connectivity index (χ1n) is 15.3. The van der Waals surface area contributed by atoms with E-state index in [1.54, 1.807) is 4.90 Å². The summed E-state index contributed by atoms with van der Waals surface area (Å²) >= 11 is 0. The highest BCUT2D eigenvalue weighted by atomic mass is 28.4. The molecule has 0 unspecified atom stereocenters. The molecule has 9 nitrogen and oxygen atoms in total. The number of alkyl halides is 6. The average Bonchev–Trinajstić information content (AvgIpc) is 3.63. The Morgan fingerprint density at radius 1 is 0.940 bits per heavy atom. The number of halogens is 8. The molecule has 50 heavy (non-hydrogen) atoms. The van der Waals surface area contributed by atoms with Gasteiger partial charge < -0.3 is 18.6 Å². The van der Waals surface area contributed by atoms with Gasteiger partial charge in [-0.2, -0.15) is 26.3 Å². The van der Waals surface area contributed by atoms with E-state index in [0.29, 0.717) is 12.1 Å². The highest BCUT2D eigenvalue weighted by Gasteiger charge is 2.40. The summed E-state index contributed by atoms with van der Waals surface area (Å²) in [5, 5.41) is 11.5. The van der Waals surface area contributed by atoms with Crippen LogP contribution in [-0.2, 0) is 34.7 Å². The Hall–Kier alpha value is -4.16. The van der Waals surface area contributed by atoms with E-state index in [-0.39, 0.29) is 55.6 Å². The minimum absolute atomic E-state index is 0.00532. The Kier molecular flexibility index (Phi) is 10.0. The van der Waals surface area contributed by atoms with Crippen molar-refractivity contribution in [3.63, 3.8) is 0 Å². The molecule has 270 valence electrons. The lowest BCUT2D eigenvalue weighted by Crippen LogP contribution is -2.40. The van der Waals surface area contributed by atoms with Crippen molar-refractivity contribution < 1.29 is 53.6 Å². The van der Waals surface area contributed by atoms with Crippen molar-refractivity contribution in [2.45, 2.75) is 64.4 Å². The maximum atomic E-state index is 15.1. The quantitative estimate of drug-likeness (QED) is 0.0975. The van der Waals surface area contributed by atoms with Gasteiger partial charge in [0.2, 0.25) is 5.78 Å². The number of carbonyl (C=O) groups excluding carboxylic acids is 1. The van der Waals surface area contributed by atoms with Crippen LogP contribution < -0.4 is 4.90 Å². The van der Waals surface area contributed by atoms with Crippen molar-refractivity contribution in [1.82, 2.24) is 20.2 Å². The molecule has 0 saturated carbocycles. The van der Waals surface area contributed by atoms with Crippen LogP contribution in [0.25, 0.3) is 11.3 Å². The molecule has 0 amide bonds. The summed E-state index contributed by atoms with van der Waals surface area (Å²) in [4.78, 5) is 16.1. The number of hydrogen-bond acceptors (Lipinski definition) is 8. The lowest BCUT2D eigenvalue weighted by atomic mass is 9.99. The van der Waals surface area contributed by atoms with E-state index in [9.17, 15) is 31.1 Å². The van der Waals surface area contributed by atoms with Crippen molar-refractivity contribution in [1.29, 1.82) is 0 Å². The molecule has 0 aliphatic carbocycles. The zero-order valence-electron chi connectivity index (χ0n) is 27.6. The van der Waals surface area contributed by atoms with Gasteiger partial charge in [-0.25, -0.2) is 13.5 Å². The predicted octanol–water partition coefficient (Wildman–Crippen LogP) is 7.89. The van der Waals surface area contributed by atoms with Gasteiger partial charge in [-0.05, 0) is 54.0 Å². The van der Waals surface area contributed by atoms with Gasteiger partial charge in [0.15, 0.2) is 25.6 Å². The second-order valence-electron chi connectivity index (χ2n) is 13.2. The Morgan fingerprint density at radius 2 is 1.52 bits per heavy atom. The lowest BCUT2D eigenvalue weighted by Gasteiger charge is -2.35. The van der Waals surface area contributed by atoms with Crippen LogP contribution >= 0.6 is 0 Å². The van der Waals surface area contributed by atoms with E-state index in [0.717, 1.165) is 22.9 Å². The molecule has 3 heterocycles. The van der Waals surface area contributed by atoms with Gasteiger partial charge in [-0.1, -0.05) is 37.2 Å². The SMILES string of the molecule is CC(C)(C)[Si](C)(C)OCc1onc(-c2c(F)cccc2F)c1C(=O)c1nnn(Cc2cc(C(F)(F)F)cc(C(F)(F)F)c2)c1N1CCOCC1. The fourth-order valence-corrected chi connectivity index (χ4v) is 5.99. The number of morpholine rings is 1.